The average Bonchev–Trinajstić information content (AvgIpc) is 3.49. The van der Waals surface area contributed by atoms with Crippen molar-refractivity contribution in [2.24, 2.45) is 11.5 Å². The third kappa shape index (κ3) is 8.33. The molecule has 9 N–H and O–H groups in total. The SMILES string of the molecule is NCCCCC(NC(=O)C1CCCN1C(=O)C(N)Cc1cnc[nH]1)C(=O)NC(CC(=O)O)C(=O)O. The van der Waals surface area contributed by atoms with Crippen LogP contribution in [0, 0.1) is 0 Å². The molecule has 2 heterocycles. The van der Waals surface area contributed by atoms with Gasteiger partial charge < -0.3 is 42.2 Å². The van der Waals surface area contributed by atoms with Crippen LogP contribution in [-0.4, -0.2) is 92.0 Å². The molecule has 4 atom stereocenters. The van der Waals surface area contributed by atoms with Gasteiger partial charge in [0.2, 0.25) is 17.7 Å². The van der Waals surface area contributed by atoms with Crippen molar-refractivity contribution in [2.45, 2.75) is 69.1 Å². The largest absolute Gasteiger partial charge is 0.481 e. The normalized spacial score (nSPS) is 17.9. The van der Waals surface area contributed by atoms with Crippen LogP contribution in [0.2, 0.25) is 0 Å². The number of imidazole rings is 1. The number of likely N-dealkylation sites (tertiary alicyclic amines) is 1. The summed E-state index contributed by atoms with van der Waals surface area (Å²) in [6, 6.07) is -4.51. The van der Waals surface area contributed by atoms with Crippen molar-refractivity contribution in [3.05, 3.63) is 18.2 Å². The molecule has 0 aliphatic carbocycles. The van der Waals surface area contributed by atoms with Gasteiger partial charge in [-0.15, -0.1) is 0 Å². The number of unbranched alkanes of at least 4 members (excludes halogenated alkanes) is 1. The maximum atomic E-state index is 13.1. The summed E-state index contributed by atoms with van der Waals surface area (Å²) in [6.07, 6.45) is 4.57. The number of aliphatic carboxylic acids is 2. The third-order valence-electron chi connectivity index (χ3n) is 5.72. The lowest BCUT2D eigenvalue weighted by atomic mass is 10.1. The average molecular weight is 496 g/mol. The Morgan fingerprint density at radius 1 is 1.17 bits per heavy atom. The third-order valence-corrected chi connectivity index (χ3v) is 5.72. The van der Waals surface area contributed by atoms with E-state index in [0.717, 1.165) is 0 Å². The van der Waals surface area contributed by atoms with E-state index >= 15 is 0 Å². The number of carbonyl (C=O) groups excluding carboxylic acids is 3. The van der Waals surface area contributed by atoms with Crippen LogP contribution in [0.3, 0.4) is 0 Å². The Morgan fingerprint density at radius 3 is 2.51 bits per heavy atom. The second kappa shape index (κ2) is 13.4. The van der Waals surface area contributed by atoms with Crippen molar-refractivity contribution in [2.75, 3.05) is 13.1 Å². The number of nitrogens with zero attached hydrogens (tertiary/aromatic N) is 2. The van der Waals surface area contributed by atoms with Gasteiger partial charge in [-0.05, 0) is 38.6 Å². The molecule has 1 fully saturated rings. The zero-order valence-electron chi connectivity index (χ0n) is 19.3. The summed E-state index contributed by atoms with van der Waals surface area (Å²) in [5.41, 5.74) is 12.2. The van der Waals surface area contributed by atoms with Gasteiger partial charge in [0.05, 0.1) is 18.8 Å². The van der Waals surface area contributed by atoms with E-state index in [1.54, 1.807) is 6.20 Å². The van der Waals surface area contributed by atoms with Crippen LogP contribution in [0.4, 0.5) is 0 Å². The molecule has 1 aromatic heterocycles. The number of aromatic amines is 1. The second-order valence-corrected chi connectivity index (χ2v) is 8.42. The van der Waals surface area contributed by atoms with Gasteiger partial charge in [0, 0.05) is 24.9 Å². The first-order valence-electron chi connectivity index (χ1n) is 11.4. The fourth-order valence-electron chi connectivity index (χ4n) is 3.91. The van der Waals surface area contributed by atoms with E-state index in [2.05, 4.69) is 20.6 Å². The van der Waals surface area contributed by atoms with Gasteiger partial charge in [-0.1, -0.05) is 0 Å². The van der Waals surface area contributed by atoms with Gasteiger partial charge >= 0.3 is 11.9 Å². The lowest BCUT2D eigenvalue weighted by molar-refractivity contribution is -0.147. The summed E-state index contributed by atoms with van der Waals surface area (Å²) < 4.78 is 0. The van der Waals surface area contributed by atoms with Crippen molar-refractivity contribution >= 4 is 29.7 Å². The number of hydrogen-bond acceptors (Lipinski definition) is 8. The van der Waals surface area contributed by atoms with Crippen molar-refractivity contribution in [3.8, 4) is 0 Å². The molecular weight excluding hydrogens is 462 g/mol. The van der Waals surface area contributed by atoms with Gasteiger partial charge in [0.15, 0.2) is 0 Å². The van der Waals surface area contributed by atoms with Gasteiger partial charge in [0.25, 0.3) is 0 Å². The van der Waals surface area contributed by atoms with Gasteiger partial charge in [-0.3, -0.25) is 19.2 Å². The van der Waals surface area contributed by atoms with Crippen molar-refractivity contribution in [3.63, 3.8) is 0 Å². The topological polar surface area (TPSA) is 234 Å². The molecule has 0 spiro atoms. The van der Waals surface area contributed by atoms with Crippen LogP contribution in [-0.2, 0) is 30.4 Å². The first-order valence-corrected chi connectivity index (χ1v) is 11.4. The fraction of sp³-hybridized carbons (Fsp3) is 0.619. The van der Waals surface area contributed by atoms with E-state index < -0.39 is 60.2 Å². The van der Waals surface area contributed by atoms with E-state index in [9.17, 15) is 29.1 Å². The van der Waals surface area contributed by atoms with Crippen LogP contribution >= 0.6 is 0 Å². The van der Waals surface area contributed by atoms with Crippen LogP contribution in [0.5, 0.6) is 0 Å². The quantitative estimate of drug-likeness (QED) is 0.139. The summed E-state index contributed by atoms with van der Waals surface area (Å²) in [6.45, 7) is 0.690. The van der Waals surface area contributed by atoms with Crippen molar-refractivity contribution in [1.29, 1.82) is 0 Å². The Balaban J connectivity index is 2.07. The molecule has 0 saturated carbocycles. The Hall–Kier alpha value is -3.52. The van der Waals surface area contributed by atoms with Crippen LogP contribution < -0.4 is 22.1 Å². The number of hydrogen-bond donors (Lipinski definition) is 7. The molecule has 194 valence electrons. The number of nitrogens with one attached hydrogen (secondary N) is 3. The van der Waals surface area contributed by atoms with Gasteiger partial charge in [-0.2, -0.15) is 0 Å². The molecule has 14 heteroatoms. The summed E-state index contributed by atoms with van der Waals surface area (Å²) in [5.74, 6) is -4.70. The van der Waals surface area contributed by atoms with E-state index in [0.29, 0.717) is 44.5 Å². The van der Waals surface area contributed by atoms with Gasteiger partial charge in [0.1, 0.15) is 18.1 Å². The minimum absolute atomic E-state index is 0.161. The van der Waals surface area contributed by atoms with Crippen LogP contribution in [0.15, 0.2) is 12.5 Å². The number of amides is 3. The van der Waals surface area contributed by atoms with Crippen molar-refractivity contribution < 1.29 is 34.2 Å². The number of H-pyrrole nitrogens is 1. The molecule has 2 rings (SSSR count). The Kier molecular flexibility index (Phi) is 10.6. The number of aromatic nitrogens is 2. The smallest absolute Gasteiger partial charge is 0.326 e. The predicted octanol–water partition coefficient (Wildman–Crippen LogP) is -2.07. The number of carbonyl (C=O) groups is 5. The van der Waals surface area contributed by atoms with Crippen LogP contribution in [0.25, 0.3) is 0 Å². The van der Waals surface area contributed by atoms with E-state index in [4.69, 9.17) is 16.6 Å². The molecule has 4 unspecified atom stereocenters. The molecule has 3 amide bonds. The lowest BCUT2D eigenvalue weighted by Gasteiger charge is -2.28. The zero-order valence-corrected chi connectivity index (χ0v) is 19.3. The first kappa shape index (κ1) is 27.7. The Labute approximate surface area is 201 Å². The number of carboxylic acid groups (broad SMARTS) is 2. The van der Waals surface area contributed by atoms with E-state index in [1.165, 1.54) is 11.2 Å². The predicted molar refractivity (Wildman–Crippen MR) is 122 cm³/mol. The zero-order chi connectivity index (χ0) is 26.0. The molecule has 1 saturated heterocycles. The minimum atomic E-state index is -1.65. The summed E-state index contributed by atoms with van der Waals surface area (Å²) in [7, 11) is 0. The maximum Gasteiger partial charge on any atom is 0.326 e. The highest BCUT2D eigenvalue weighted by molar-refractivity contribution is 5.95. The number of rotatable bonds is 14. The molecule has 14 nitrogen and oxygen atoms in total. The lowest BCUT2D eigenvalue weighted by Crippen LogP contribution is -2.57. The highest BCUT2D eigenvalue weighted by Gasteiger charge is 2.38. The molecule has 1 aromatic rings. The standard InChI is InChI=1S/C21H33N7O7/c22-6-2-1-4-14(18(31)27-15(21(34)35)9-17(29)30)26-19(32)16-5-3-7-28(16)20(33)13(23)8-12-10-24-11-25-12/h10-11,13-16H,1-9,22-23H2,(H,24,25)(H,26,32)(H,27,31)(H,29,30)(H,34,35). The molecule has 1 aliphatic heterocycles. The summed E-state index contributed by atoms with van der Waals surface area (Å²) in [4.78, 5) is 69.2. The maximum absolute atomic E-state index is 13.1. The molecular formula is C21H33N7O7. The summed E-state index contributed by atoms with van der Waals surface area (Å²) in [5, 5.41) is 22.9. The Morgan fingerprint density at radius 2 is 1.91 bits per heavy atom. The highest BCUT2D eigenvalue weighted by Crippen LogP contribution is 2.19. The highest BCUT2D eigenvalue weighted by atomic mass is 16.4. The summed E-state index contributed by atoms with van der Waals surface area (Å²) >= 11 is 0. The van der Waals surface area contributed by atoms with E-state index in [-0.39, 0.29) is 12.8 Å². The van der Waals surface area contributed by atoms with Gasteiger partial charge in [-0.25, -0.2) is 9.78 Å². The monoisotopic (exact) mass is 495 g/mol. The minimum Gasteiger partial charge on any atom is -0.481 e. The molecule has 0 radical (unpaired) electrons. The van der Waals surface area contributed by atoms with Crippen molar-refractivity contribution in [1.82, 2.24) is 25.5 Å². The molecule has 0 bridgehead atoms. The Bertz CT molecular complexity index is 893. The molecule has 35 heavy (non-hydrogen) atoms. The number of carboxylic acids is 2. The number of nitrogens with two attached hydrogens (primary N) is 2. The second-order valence-electron chi connectivity index (χ2n) is 8.42. The molecule has 0 aromatic carbocycles. The first-order chi connectivity index (χ1) is 16.6. The van der Waals surface area contributed by atoms with E-state index in [1.807, 2.05) is 0 Å². The van der Waals surface area contributed by atoms with Crippen LogP contribution in [0.1, 0.15) is 44.2 Å². The fourth-order valence-corrected chi connectivity index (χ4v) is 3.91. The molecule has 1 aliphatic rings.